The maximum Gasteiger partial charge on any atom is 0.333 e. The van der Waals surface area contributed by atoms with E-state index in [-0.39, 0.29) is 17.7 Å². The summed E-state index contributed by atoms with van der Waals surface area (Å²) in [6.07, 6.45) is 4.64. The molecule has 1 aliphatic rings. The molecule has 0 heterocycles. The molecule has 1 atom stereocenters. The highest BCUT2D eigenvalue weighted by molar-refractivity contribution is 5.88. The molecule has 15 heavy (non-hydrogen) atoms. The molecule has 1 unspecified atom stereocenters. The summed E-state index contributed by atoms with van der Waals surface area (Å²) in [5, 5.41) is 0. The summed E-state index contributed by atoms with van der Waals surface area (Å²) in [5.41, 5.74) is 0.599. The van der Waals surface area contributed by atoms with Gasteiger partial charge in [0.1, 0.15) is 0 Å². The van der Waals surface area contributed by atoms with Crippen LogP contribution in [0.3, 0.4) is 0 Å². The number of carbonyl (C=O) groups excluding carboxylic acids is 1. The van der Waals surface area contributed by atoms with E-state index in [0.717, 1.165) is 18.4 Å². The first-order valence-corrected chi connectivity index (χ1v) is 5.37. The topological polar surface area (TPSA) is 35.5 Å². The van der Waals surface area contributed by atoms with E-state index >= 15 is 0 Å². The van der Waals surface area contributed by atoms with E-state index in [9.17, 15) is 4.79 Å². The number of carbonyl (C=O) groups is 1. The van der Waals surface area contributed by atoms with E-state index in [4.69, 9.17) is 9.47 Å². The van der Waals surface area contributed by atoms with Crippen LogP contribution in [-0.2, 0) is 14.3 Å². The second kappa shape index (κ2) is 4.79. The monoisotopic (exact) mass is 212 g/mol. The van der Waals surface area contributed by atoms with Crippen LogP contribution in [-0.4, -0.2) is 24.8 Å². The van der Waals surface area contributed by atoms with Crippen LogP contribution >= 0.6 is 0 Å². The molecule has 3 nitrogen and oxygen atoms in total. The van der Waals surface area contributed by atoms with Crippen molar-refractivity contribution in [2.75, 3.05) is 7.11 Å². The van der Waals surface area contributed by atoms with Crippen LogP contribution in [0.1, 0.15) is 40.0 Å². The Bertz CT molecular complexity index is 261. The van der Waals surface area contributed by atoms with Gasteiger partial charge < -0.3 is 9.47 Å². The van der Waals surface area contributed by atoms with Crippen LogP contribution in [0.5, 0.6) is 0 Å². The molecule has 1 aliphatic carbocycles. The van der Waals surface area contributed by atoms with Gasteiger partial charge in [0, 0.05) is 12.0 Å². The molecule has 0 amide bonds. The number of allylic oxidation sites excluding steroid dienone is 1. The second-order valence-corrected chi connectivity index (χ2v) is 4.85. The number of hydrogen-bond donors (Lipinski definition) is 0. The summed E-state index contributed by atoms with van der Waals surface area (Å²) in [5.74, 6) is -0.225. The average molecular weight is 212 g/mol. The Balaban J connectivity index is 2.54. The molecule has 0 fully saturated rings. The molecular formula is C12H20O3. The second-order valence-electron chi connectivity index (χ2n) is 4.85. The zero-order chi connectivity index (χ0) is 11.5. The molecule has 1 rings (SSSR count). The molecule has 0 aliphatic heterocycles. The molecule has 0 bridgehead atoms. The Kier molecular flexibility index (Phi) is 3.91. The van der Waals surface area contributed by atoms with Crippen molar-refractivity contribution in [3.05, 3.63) is 11.6 Å². The van der Waals surface area contributed by atoms with Crippen LogP contribution in [0.4, 0.5) is 0 Å². The predicted molar refractivity (Wildman–Crippen MR) is 58.6 cm³/mol. The summed E-state index contributed by atoms with van der Waals surface area (Å²) in [7, 11) is 1.41. The highest BCUT2D eigenvalue weighted by Crippen LogP contribution is 2.25. The summed E-state index contributed by atoms with van der Waals surface area (Å²) in [6.45, 7) is 6.09. The lowest BCUT2D eigenvalue weighted by Crippen LogP contribution is -2.30. The van der Waals surface area contributed by atoms with E-state index in [1.165, 1.54) is 7.11 Å². The van der Waals surface area contributed by atoms with Gasteiger partial charge in [-0.15, -0.1) is 0 Å². The van der Waals surface area contributed by atoms with Crippen molar-refractivity contribution in [3.8, 4) is 0 Å². The van der Waals surface area contributed by atoms with Crippen LogP contribution in [0.15, 0.2) is 11.6 Å². The van der Waals surface area contributed by atoms with Gasteiger partial charge in [-0.2, -0.15) is 0 Å². The lowest BCUT2D eigenvalue weighted by Gasteiger charge is -2.29. The molecule has 86 valence electrons. The molecule has 3 heteroatoms. The smallest absolute Gasteiger partial charge is 0.333 e. The lowest BCUT2D eigenvalue weighted by atomic mass is 9.96. The zero-order valence-electron chi connectivity index (χ0n) is 10.0. The Morgan fingerprint density at radius 1 is 1.47 bits per heavy atom. The van der Waals surface area contributed by atoms with Crippen LogP contribution < -0.4 is 0 Å². The minimum atomic E-state index is -0.225. The van der Waals surface area contributed by atoms with Crippen LogP contribution in [0.25, 0.3) is 0 Å². The van der Waals surface area contributed by atoms with Gasteiger partial charge in [0.2, 0.25) is 0 Å². The standard InChI is InChI=1S/C12H20O3/c1-12(2,3)15-10-7-5-6-9(8-10)11(13)14-4/h6,10H,5,7-8H2,1-4H3. The van der Waals surface area contributed by atoms with Gasteiger partial charge in [-0.3, -0.25) is 0 Å². The Morgan fingerprint density at radius 2 is 2.13 bits per heavy atom. The molecular weight excluding hydrogens is 192 g/mol. The molecule has 0 saturated heterocycles. The zero-order valence-corrected chi connectivity index (χ0v) is 10.0. The molecule has 0 saturated carbocycles. The molecule has 0 aromatic carbocycles. The SMILES string of the molecule is COC(=O)C1=CCCC(OC(C)(C)C)C1. The van der Waals surface area contributed by atoms with E-state index in [1.807, 2.05) is 26.8 Å². The van der Waals surface area contributed by atoms with Crippen molar-refractivity contribution in [1.82, 2.24) is 0 Å². The third kappa shape index (κ3) is 4.04. The van der Waals surface area contributed by atoms with E-state index < -0.39 is 0 Å². The maximum atomic E-state index is 11.3. The quantitative estimate of drug-likeness (QED) is 0.659. The fourth-order valence-corrected chi connectivity index (χ4v) is 1.77. The Hall–Kier alpha value is -0.830. The van der Waals surface area contributed by atoms with Crippen molar-refractivity contribution in [1.29, 1.82) is 0 Å². The van der Waals surface area contributed by atoms with E-state index in [1.54, 1.807) is 0 Å². The molecule has 0 radical (unpaired) electrons. The Labute approximate surface area is 91.4 Å². The van der Waals surface area contributed by atoms with Gasteiger partial charge in [0.15, 0.2) is 0 Å². The summed E-state index contributed by atoms with van der Waals surface area (Å²) < 4.78 is 10.6. The van der Waals surface area contributed by atoms with Gasteiger partial charge in [-0.1, -0.05) is 6.08 Å². The highest BCUT2D eigenvalue weighted by Gasteiger charge is 2.24. The summed E-state index contributed by atoms with van der Waals surface area (Å²) in [4.78, 5) is 11.3. The number of ether oxygens (including phenoxy) is 2. The molecule has 0 spiro atoms. The summed E-state index contributed by atoms with van der Waals surface area (Å²) >= 11 is 0. The number of rotatable bonds is 2. The summed E-state index contributed by atoms with van der Waals surface area (Å²) in [6, 6.07) is 0. The lowest BCUT2D eigenvalue weighted by molar-refractivity contribution is -0.137. The first kappa shape index (κ1) is 12.2. The first-order valence-electron chi connectivity index (χ1n) is 5.37. The number of methoxy groups -OCH3 is 1. The number of esters is 1. The van der Waals surface area contributed by atoms with Crippen LogP contribution in [0.2, 0.25) is 0 Å². The molecule has 0 aromatic rings. The van der Waals surface area contributed by atoms with Gasteiger partial charge in [-0.05, 0) is 33.6 Å². The largest absolute Gasteiger partial charge is 0.466 e. The minimum absolute atomic E-state index is 0.143. The van der Waals surface area contributed by atoms with Crippen molar-refractivity contribution in [3.63, 3.8) is 0 Å². The van der Waals surface area contributed by atoms with Crippen molar-refractivity contribution in [2.45, 2.75) is 51.7 Å². The third-order valence-corrected chi connectivity index (χ3v) is 2.29. The third-order valence-electron chi connectivity index (χ3n) is 2.29. The van der Waals surface area contributed by atoms with Gasteiger partial charge >= 0.3 is 5.97 Å². The van der Waals surface area contributed by atoms with Crippen LogP contribution in [0, 0.1) is 0 Å². The van der Waals surface area contributed by atoms with Crippen molar-refractivity contribution in [2.24, 2.45) is 0 Å². The van der Waals surface area contributed by atoms with E-state index in [0.29, 0.717) is 6.42 Å². The van der Waals surface area contributed by atoms with Crippen molar-refractivity contribution >= 4 is 5.97 Å². The fourth-order valence-electron chi connectivity index (χ4n) is 1.77. The van der Waals surface area contributed by atoms with Gasteiger partial charge in [-0.25, -0.2) is 4.79 Å². The van der Waals surface area contributed by atoms with Crippen molar-refractivity contribution < 1.29 is 14.3 Å². The van der Waals surface area contributed by atoms with E-state index in [2.05, 4.69) is 0 Å². The average Bonchev–Trinajstić information content (AvgIpc) is 2.14. The van der Waals surface area contributed by atoms with Gasteiger partial charge in [0.25, 0.3) is 0 Å². The first-order chi connectivity index (χ1) is 6.92. The Morgan fingerprint density at radius 3 is 2.67 bits per heavy atom. The predicted octanol–water partition coefficient (Wildman–Crippen LogP) is 2.45. The number of hydrogen-bond acceptors (Lipinski definition) is 3. The fraction of sp³-hybridized carbons (Fsp3) is 0.750. The molecule has 0 aromatic heterocycles. The minimum Gasteiger partial charge on any atom is -0.466 e. The van der Waals surface area contributed by atoms with Gasteiger partial charge in [0.05, 0.1) is 18.8 Å². The molecule has 0 N–H and O–H groups in total. The highest BCUT2D eigenvalue weighted by atomic mass is 16.5. The maximum absolute atomic E-state index is 11.3. The normalized spacial score (nSPS) is 22.1.